The fraction of sp³-hybridized carbons (Fsp3) is 1.00. The van der Waals surface area contributed by atoms with Crippen molar-refractivity contribution < 1.29 is 8.42 Å². The van der Waals surface area contributed by atoms with Crippen molar-refractivity contribution in [3.05, 3.63) is 0 Å². The van der Waals surface area contributed by atoms with Crippen molar-refractivity contribution in [3.8, 4) is 0 Å². The smallest absolute Gasteiger partial charge is 0.211 e. The molecule has 2 unspecified atom stereocenters. The van der Waals surface area contributed by atoms with E-state index in [1.54, 1.807) is 0 Å². The van der Waals surface area contributed by atoms with E-state index in [0.29, 0.717) is 24.1 Å². The molecule has 0 spiro atoms. The molecule has 2 aliphatic rings. The van der Waals surface area contributed by atoms with Gasteiger partial charge in [0.1, 0.15) is 0 Å². The highest BCUT2D eigenvalue weighted by Crippen LogP contribution is 2.32. The lowest BCUT2D eigenvalue weighted by Gasteiger charge is -2.19. The number of rotatable bonds is 6. The summed E-state index contributed by atoms with van der Waals surface area (Å²) in [5.74, 6) is 1.31. The number of nitrogens with one attached hydrogen (secondary N) is 1. The highest BCUT2D eigenvalue weighted by atomic mass is 32.2. The molecule has 94 valence electrons. The molecule has 3 N–H and O–H groups in total. The zero-order chi connectivity index (χ0) is 11.6. The van der Waals surface area contributed by atoms with Crippen molar-refractivity contribution in [1.82, 2.24) is 4.72 Å². The van der Waals surface area contributed by atoms with Gasteiger partial charge in [0.15, 0.2) is 0 Å². The zero-order valence-corrected chi connectivity index (χ0v) is 10.5. The molecule has 0 aliphatic heterocycles. The average Bonchev–Trinajstić information content (AvgIpc) is 2.96. The number of nitrogens with two attached hydrogens (primary N) is 1. The van der Waals surface area contributed by atoms with Gasteiger partial charge in [0.25, 0.3) is 0 Å². The average molecular weight is 246 g/mol. The minimum absolute atomic E-state index is 0.0919. The lowest BCUT2D eigenvalue weighted by atomic mass is 10.1. The SMILES string of the molecule is NCC1CCCC1NS(=O)(=O)CCC1CC1. The standard InChI is InChI=1S/C11H22N2O2S/c12-8-10-2-1-3-11(10)13-16(14,15)7-6-9-4-5-9/h9-11,13H,1-8,12H2. The molecule has 2 rings (SSSR count). The van der Waals surface area contributed by atoms with E-state index < -0.39 is 10.0 Å². The van der Waals surface area contributed by atoms with Crippen LogP contribution in [0.4, 0.5) is 0 Å². The van der Waals surface area contributed by atoms with Gasteiger partial charge in [0, 0.05) is 6.04 Å². The van der Waals surface area contributed by atoms with E-state index in [1.165, 1.54) is 12.8 Å². The topological polar surface area (TPSA) is 72.2 Å². The minimum atomic E-state index is -3.07. The molecule has 4 nitrogen and oxygen atoms in total. The maximum Gasteiger partial charge on any atom is 0.211 e. The highest BCUT2D eigenvalue weighted by Gasteiger charge is 2.30. The summed E-state index contributed by atoms with van der Waals surface area (Å²) in [5.41, 5.74) is 5.64. The Labute approximate surface area is 98.0 Å². The van der Waals surface area contributed by atoms with Gasteiger partial charge in [-0.2, -0.15) is 0 Å². The van der Waals surface area contributed by atoms with Gasteiger partial charge in [0.2, 0.25) is 10.0 Å². The number of hydrogen-bond donors (Lipinski definition) is 2. The van der Waals surface area contributed by atoms with E-state index >= 15 is 0 Å². The maximum absolute atomic E-state index is 11.8. The molecule has 0 aromatic rings. The molecule has 2 saturated carbocycles. The predicted octanol–water partition coefficient (Wildman–Crippen LogP) is 0.833. The Bertz CT molecular complexity index is 325. The Kier molecular flexibility index (Phi) is 3.87. The van der Waals surface area contributed by atoms with Gasteiger partial charge in [-0.25, -0.2) is 13.1 Å². The first kappa shape index (κ1) is 12.3. The molecule has 0 aromatic carbocycles. The van der Waals surface area contributed by atoms with Crippen molar-refractivity contribution >= 4 is 10.0 Å². The van der Waals surface area contributed by atoms with Crippen LogP contribution in [0.5, 0.6) is 0 Å². The summed E-state index contributed by atoms with van der Waals surface area (Å²) >= 11 is 0. The van der Waals surface area contributed by atoms with Crippen LogP contribution in [0.1, 0.15) is 38.5 Å². The first-order valence-electron chi connectivity index (χ1n) is 6.31. The predicted molar refractivity (Wildman–Crippen MR) is 64.4 cm³/mol. The summed E-state index contributed by atoms with van der Waals surface area (Å²) in [5, 5.41) is 0. The molecule has 0 bridgehead atoms. The van der Waals surface area contributed by atoms with E-state index in [-0.39, 0.29) is 6.04 Å². The highest BCUT2D eigenvalue weighted by molar-refractivity contribution is 7.89. The summed E-state index contributed by atoms with van der Waals surface area (Å²) in [6.45, 7) is 0.593. The third-order valence-electron chi connectivity index (χ3n) is 3.78. The summed E-state index contributed by atoms with van der Waals surface area (Å²) < 4.78 is 26.5. The Morgan fingerprint density at radius 2 is 1.94 bits per heavy atom. The second-order valence-electron chi connectivity index (χ2n) is 5.20. The maximum atomic E-state index is 11.8. The van der Waals surface area contributed by atoms with Crippen molar-refractivity contribution in [2.75, 3.05) is 12.3 Å². The number of hydrogen-bond acceptors (Lipinski definition) is 3. The van der Waals surface area contributed by atoms with Crippen LogP contribution in [-0.4, -0.2) is 26.8 Å². The molecule has 5 heteroatoms. The van der Waals surface area contributed by atoms with E-state index in [4.69, 9.17) is 5.73 Å². The van der Waals surface area contributed by atoms with Gasteiger partial charge < -0.3 is 5.73 Å². The Balaban J connectivity index is 1.81. The molecular weight excluding hydrogens is 224 g/mol. The third kappa shape index (κ3) is 3.43. The van der Waals surface area contributed by atoms with Gasteiger partial charge in [-0.05, 0) is 37.6 Å². The molecule has 0 saturated heterocycles. The van der Waals surface area contributed by atoms with Crippen molar-refractivity contribution in [2.24, 2.45) is 17.6 Å². The summed E-state index contributed by atoms with van der Waals surface area (Å²) in [7, 11) is -3.07. The number of sulfonamides is 1. The third-order valence-corrected chi connectivity index (χ3v) is 5.22. The first-order valence-corrected chi connectivity index (χ1v) is 7.96. The minimum Gasteiger partial charge on any atom is -0.330 e. The molecule has 16 heavy (non-hydrogen) atoms. The summed E-state index contributed by atoms with van der Waals surface area (Å²) in [4.78, 5) is 0. The fourth-order valence-electron chi connectivity index (χ4n) is 2.49. The molecule has 0 amide bonds. The van der Waals surface area contributed by atoms with Crippen molar-refractivity contribution in [2.45, 2.75) is 44.6 Å². The van der Waals surface area contributed by atoms with Crippen LogP contribution in [0.2, 0.25) is 0 Å². The Hall–Kier alpha value is -0.130. The molecule has 0 radical (unpaired) electrons. The van der Waals surface area contributed by atoms with Crippen LogP contribution >= 0.6 is 0 Å². The van der Waals surface area contributed by atoms with Gasteiger partial charge in [-0.15, -0.1) is 0 Å². The monoisotopic (exact) mass is 246 g/mol. The van der Waals surface area contributed by atoms with Gasteiger partial charge in [-0.3, -0.25) is 0 Å². The van der Waals surface area contributed by atoms with Gasteiger partial charge >= 0.3 is 0 Å². The zero-order valence-electron chi connectivity index (χ0n) is 9.69. The Morgan fingerprint density at radius 1 is 1.19 bits per heavy atom. The van der Waals surface area contributed by atoms with Gasteiger partial charge in [0.05, 0.1) is 5.75 Å². The van der Waals surface area contributed by atoms with Crippen LogP contribution in [0.15, 0.2) is 0 Å². The second-order valence-corrected chi connectivity index (χ2v) is 7.08. The molecule has 2 fully saturated rings. The normalized spacial score (nSPS) is 30.8. The second kappa shape index (κ2) is 5.02. The lowest BCUT2D eigenvalue weighted by molar-refractivity contribution is 0.452. The lowest BCUT2D eigenvalue weighted by Crippen LogP contribution is -2.40. The summed E-state index contributed by atoms with van der Waals surface area (Å²) in [6, 6.07) is 0.0919. The summed E-state index contributed by atoms with van der Waals surface area (Å²) in [6.07, 6.45) is 6.36. The molecule has 0 aromatic heterocycles. The van der Waals surface area contributed by atoms with E-state index in [1.807, 2.05) is 0 Å². The van der Waals surface area contributed by atoms with Crippen LogP contribution in [-0.2, 0) is 10.0 Å². The van der Waals surface area contributed by atoms with Crippen LogP contribution in [0, 0.1) is 11.8 Å². The molecular formula is C11H22N2O2S. The van der Waals surface area contributed by atoms with Crippen molar-refractivity contribution in [3.63, 3.8) is 0 Å². The fourth-order valence-corrected chi connectivity index (χ4v) is 4.03. The Morgan fingerprint density at radius 3 is 2.56 bits per heavy atom. The first-order chi connectivity index (χ1) is 7.61. The van der Waals surface area contributed by atoms with Crippen LogP contribution in [0.3, 0.4) is 0 Å². The van der Waals surface area contributed by atoms with Crippen LogP contribution in [0.25, 0.3) is 0 Å². The van der Waals surface area contributed by atoms with E-state index in [9.17, 15) is 8.42 Å². The van der Waals surface area contributed by atoms with E-state index in [2.05, 4.69) is 4.72 Å². The van der Waals surface area contributed by atoms with Crippen molar-refractivity contribution in [1.29, 1.82) is 0 Å². The van der Waals surface area contributed by atoms with Crippen LogP contribution < -0.4 is 10.5 Å². The quantitative estimate of drug-likeness (QED) is 0.729. The molecule has 2 aliphatic carbocycles. The molecule has 0 heterocycles. The molecule has 2 atom stereocenters. The van der Waals surface area contributed by atoms with E-state index in [0.717, 1.165) is 25.7 Å². The van der Waals surface area contributed by atoms with Gasteiger partial charge in [-0.1, -0.05) is 19.3 Å². The largest absolute Gasteiger partial charge is 0.330 e.